The summed E-state index contributed by atoms with van der Waals surface area (Å²) >= 11 is 0. The molecule has 4 amide bonds. The fourth-order valence-corrected chi connectivity index (χ4v) is 5.91. The maximum absolute atomic E-state index is 13.5. The lowest BCUT2D eigenvalue weighted by Gasteiger charge is -2.21. The number of rotatable bonds is 11. The third-order valence-corrected chi connectivity index (χ3v) is 8.43. The minimum atomic E-state index is -1.57. The number of ether oxygens (including phenoxy) is 3. The van der Waals surface area contributed by atoms with Crippen LogP contribution in [-0.2, 0) is 45.4 Å². The number of hydrogen-bond donors (Lipinski definition) is 5. The number of carbonyl (C=O) groups excluding carboxylic acids is 4. The number of urea groups is 1. The predicted octanol–water partition coefficient (Wildman–Crippen LogP) is 2.73. The van der Waals surface area contributed by atoms with E-state index in [0.717, 1.165) is 0 Å². The fourth-order valence-electron chi connectivity index (χ4n) is 5.91. The van der Waals surface area contributed by atoms with Gasteiger partial charge in [0.1, 0.15) is 19.0 Å². The summed E-state index contributed by atoms with van der Waals surface area (Å²) in [6.07, 6.45) is -0.739. The Bertz CT molecular complexity index is 2030. The average molecular weight is 671 g/mol. The van der Waals surface area contributed by atoms with E-state index >= 15 is 0 Å². The van der Waals surface area contributed by atoms with Gasteiger partial charge in [0.25, 0.3) is 5.56 Å². The van der Waals surface area contributed by atoms with Crippen molar-refractivity contribution in [3.05, 3.63) is 86.7 Å². The third kappa shape index (κ3) is 7.01. The van der Waals surface area contributed by atoms with E-state index in [-0.39, 0.29) is 49.8 Å². The monoisotopic (exact) mass is 670 g/mol. The van der Waals surface area contributed by atoms with Crippen molar-refractivity contribution in [2.24, 2.45) is 5.73 Å². The van der Waals surface area contributed by atoms with Crippen LogP contribution in [0.5, 0.6) is 5.75 Å². The number of hydrogen-bond acceptors (Lipinski definition) is 10. The summed E-state index contributed by atoms with van der Waals surface area (Å²) in [5, 5.41) is 19.2. The van der Waals surface area contributed by atoms with Crippen molar-refractivity contribution in [1.29, 1.82) is 0 Å². The predicted molar refractivity (Wildman–Crippen MR) is 175 cm³/mol. The Morgan fingerprint density at radius 1 is 1.06 bits per heavy atom. The van der Waals surface area contributed by atoms with E-state index in [0.29, 0.717) is 69.8 Å². The van der Waals surface area contributed by atoms with Gasteiger partial charge in [0.2, 0.25) is 5.91 Å². The molecule has 4 aromatic rings. The van der Waals surface area contributed by atoms with Gasteiger partial charge in [-0.2, -0.15) is 0 Å². The van der Waals surface area contributed by atoms with E-state index in [1.54, 1.807) is 55.6 Å². The number of nitrogens with one attached hydrogen (secondary N) is 3. The molecule has 0 bridgehead atoms. The van der Waals surface area contributed by atoms with Crippen molar-refractivity contribution >= 4 is 40.6 Å². The van der Waals surface area contributed by atoms with Gasteiger partial charge in [-0.25, -0.2) is 19.4 Å². The summed E-state index contributed by atoms with van der Waals surface area (Å²) in [4.78, 5) is 66.1. The quantitative estimate of drug-likeness (QED) is 0.102. The van der Waals surface area contributed by atoms with E-state index in [1.165, 1.54) is 4.57 Å². The zero-order chi connectivity index (χ0) is 34.7. The molecule has 2 aliphatic rings. The summed E-state index contributed by atoms with van der Waals surface area (Å²) in [6.45, 7) is 0.353. The summed E-state index contributed by atoms with van der Waals surface area (Å²) < 4.78 is 17.4. The van der Waals surface area contributed by atoms with Crippen LogP contribution in [0, 0.1) is 0 Å². The van der Waals surface area contributed by atoms with E-state index < -0.39 is 29.8 Å². The van der Waals surface area contributed by atoms with Crippen molar-refractivity contribution in [1.82, 2.24) is 20.2 Å². The Kier molecular flexibility index (Phi) is 9.44. The average Bonchev–Trinajstić information content (AvgIpc) is 3.46. The van der Waals surface area contributed by atoms with E-state index in [4.69, 9.17) is 24.9 Å². The van der Waals surface area contributed by atoms with Crippen molar-refractivity contribution in [3.63, 3.8) is 0 Å². The maximum atomic E-state index is 13.5. The standard InChI is InChI=1S/C34H34N6O9/c1-47-20-9-10-26-21(12-20)23(24-15-40-27(29(24)39-26)13-22-25(31(40)43)17-48-32(44)30(22)42)14-37-34(46)49-16-18-5-7-19(8-6-18)38-28(41)4-2-3-11-36-33(35)45/h5-10,12-13,30,42H,2-4,11,14-17H2,1H3,(H,37,46)(H,38,41)(H3,35,36,45)/t30-/m0/s1. The molecule has 6 rings (SSSR count). The third-order valence-electron chi connectivity index (χ3n) is 8.43. The summed E-state index contributed by atoms with van der Waals surface area (Å²) in [6, 6.07) is 13.2. The molecule has 2 aliphatic heterocycles. The highest BCUT2D eigenvalue weighted by Crippen LogP contribution is 2.38. The van der Waals surface area contributed by atoms with Gasteiger partial charge >= 0.3 is 18.1 Å². The minimum Gasteiger partial charge on any atom is -0.497 e. The number of methoxy groups -OCH3 is 1. The molecule has 0 fully saturated rings. The van der Waals surface area contributed by atoms with Gasteiger partial charge in [-0.3, -0.25) is 9.59 Å². The first kappa shape index (κ1) is 33.0. The molecule has 2 aromatic heterocycles. The molecule has 0 radical (unpaired) electrons. The Hall–Kier alpha value is -5.96. The number of nitrogens with zero attached hydrogens (tertiary/aromatic N) is 2. The minimum absolute atomic E-state index is 0.0224. The molecule has 49 heavy (non-hydrogen) atoms. The number of aromatic nitrogens is 2. The molecule has 6 N–H and O–H groups in total. The van der Waals surface area contributed by atoms with E-state index in [1.807, 2.05) is 0 Å². The molecule has 15 heteroatoms. The first-order valence-corrected chi connectivity index (χ1v) is 15.6. The van der Waals surface area contributed by atoms with Crippen LogP contribution in [0.25, 0.3) is 22.3 Å². The lowest BCUT2D eigenvalue weighted by atomic mass is 9.98. The molecule has 0 unspecified atom stereocenters. The van der Waals surface area contributed by atoms with E-state index in [9.17, 15) is 29.1 Å². The zero-order valence-electron chi connectivity index (χ0n) is 26.5. The lowest BCUT2D eigenvalue weighted by molar-refractivity contribution is -0.157. The van der Waals surface area contributed by atoms with Gasteiger partial charge in [0.15, 0.2) is 6.10 Å². The van der Waals surface area contributed by atoms with Gasteiger partial charge in [-0.15, -0.1) is 0 Å². The normalized spacial score (nSPS) is 14.2. The molecule has 0 spiro atoms. The number of cyclic esters (lactones) is 1. The number of esters is 1. The Morgan fingerprint density at radius 2 is 1.86 bits per heavy atom. The molecule has 0 saturated carbocycles. The number of fused-ring (bicyclic) bond motifs is 5. The van der Waals surface area contributed by atoms with Crippen LogP contribution < -0.4 is 32.0 Å². The first-order valence-electron chi connectivity index (χ1n) is 15.6. The SMILES string of the molecule is COc1ccc2nc3c(c(CNC(=O)OCc4ccc(NC(=O)CCCCNC(N)=O)cc4)c2c1)Cn1c-3cc2c(c1=O)COC(=O)[C@H]2O. The molecule has 2 aromatic carbocycles. The number of amides is 4. The second-order valence-electron chi connectivity index (χ2n) is 11.6. The van der Waals surface area contributed by atoms with Gasteiger partial charge in [-0.05, 0) is 60.4 Å². The highest BCUT2D eigenvalue weighted by molar-refractivity contribution is 5.91. The largest absolute Gasteiger partial charge is 0.497 e. The number of aliphatic hydroxyl groups excluding tert-OH is 1. The second-order valence-corrected chi connectivity index (χ2v) is 11.6. The van der Waals surface area contributed by atoms with Crippen LogP contribution in [-0.4, -0.2) is 52.3 Å². The summed E-state index contributed by atoms with van der Waals surface area (Å²) in [5.41, 5.74) is 9.27. The van der Waals surface area contributed by atoms with Gasteiger partial charge in [-0.1, -0.05) is 12.1 Å². The number of aliphatic hydroxyl groups is 1. The number of benzene rings is 2. The molecular weight excluding hydrogens is 636 g/mol. The number of nitrogens with two attached hydrogens (primary N) is 1. The number of unbranched alkanes of at least 4 members (excludes halogenated alkanes) is 1. The lowest BCUT2D eigenvalue weighted by Crippen LogP contribution is -2.32. The topological polar surface area (TPSA) is 213 Å². The van der Waals surface area contributed by atoms with Crippen molar-refractivity contribution in [3.8, 4) is 17.1 Å². The molecule has 1 atom stereocenters. The molecule has 0 saturated heterocycles. The first-order chi connectivity index (χ1) is 23.6. The van der Waals surface area contributed by atoms with Crippen LogP contribution in [0.4, 0.5) is 15.3 Å². The van der Waals surface area contributed by atoms with Crippen LogP contribution in [0.2, 0.25) is 0 Å². The van der Waals surface area contributed by atoms with Crippen molar-refractivity contribution in [2.75, 3.05) is 19.0 Å². The van der Waals surface area contributed by atoms with Gasteiger partial charge in [0.05, 0.1) is 36.1 Å². The highest BCUT2D eigenvalue weighted by atomic mass is 16.6. The molecule has 254 valence electrons. The highest BCUT2D eigenvalue weighted by Gasteiger charge is 2.34. The zero-order valence-corrected chi connectivity index (χ0v) is 26.5. The molecule has 15 nitrogen and oxygen atoms in total. The molecule has 4 heterocycles. The maximum Gasteiger partial charge on any atom is 0.407 e. The van der Waals surface area contributed by atoms with Crippen LogP contribution in [0.1, 0.15) is 53.2 Å². The Morgan fingerprint density at radius 3 is 2.61 bits per heavy atom. The van der Waals surface area contributed by atoms with Gasteiger partial charge < -0.3 is 45.6 Å². The smallest absolute Gasteiger partial charge is 0.407 e. The Labute approximate surface area is 279 Å². The summed E-state index contributed by atoms with van der Waals surface area (Å²) in [5.74, 6) is -0.402. The van der Waals surface area contributed by atoms with E-state index in [2.05, 4.69) is 16.0 Å². The van der Waals surface area contributed by atoms with Crippen molar-refractivity contribution in [2.45, 2.75) is 51.7 Å². The fraction of sp³-hybridized carbons (Fsp3) is 0.294. The Balaban J connectivity index is 1.13. The number of carbonyl (C=O) groups is 4. The van der Waals surface area contributed by atoms with Crippen LogP contribution in [0.15, 0.2) is 53.3 Å². The number of anilines is 1. The van der Waals surface area contributed by atoms with Crippen molar-refractivity contribution < 1.29 is 38.5 Å². The molecular formula is C34H34N6O9. The van der Waals surface area contributed by atoms with Crippen LogP contribution in [0.3, 0.4) is 0 Å². The number of alkyl carbamates (subject to hydrolysis) is 1. The second kappa shape index (κ2) is 14.0. The van der Waals surface area contributed by atoms with Gasteiger partial charge in [0, 0.05) is 41.7 Å². The number of primary amides is 1. The number of pyridine rings is 2. The molecule has 0 aliphatic carbocycles. The van der Waals surface area contributed by atoms with Crippen LogP contribution >= 0.6 is 0 Å². The summed E-state index contributed by atoms with van der Waals surface area (Å²) in [7, 11) is 1.54.